The highest BCUT2D eigenvalue weighted by Gasteiger charge is 2.47. The number of hydrogen-bond donors (Lipinski definition) is 2. The molecule has 1 aromatic rings. The van der Waals surface area contributed by atoms with E-state index < -0.39 is 17.8 Å². The molecule has 1 saturated carbocycles. The molecule has 3 atom stereocenters. The molecular weight excluding hydrogens is 337 g/mol. The van der Waals surface area contributed by atoms with Crippen molar-refractivity contribution in [2.75, 3.05) is 13.1 Å². The third-order valence-corrected chi connectivity index (χ3v) is 6.45. The molecule has 1 aromatic carbocycles. The number of imide groups is 1. The van der Waals surface area contributed by atoms with Crippen molar-refractivity contribution >= 4 is 17.7 Å². The van der Waals surface area contributed by atoms with Crippen LogP contribution in [0, 0.1) is 17.7 Å². The standard InChI is InChI=1S/C19H20FN3O3/c20-11-4-12(17-9-3-10(17)7-21-6-9)14-8-23(19(26)13(14)5-11)15-1-2-16(24)22-18(15)25/h4-5,9-10,15,17,21H,1-3,6-8H2,(H,22,24,25). The molecule has 26 heavy (non-hydrogen) atoms. The molecule has 2 bridgehead atoms. The summed E-state index contributed by atoms with van der Waals surface area (Å²) in [6.07, 6.45) is 1.69. The molecule has 2 N–H and O–H groups in total. The van der Waals surface area contributed by atoms with E-state index in [9.17, 15) is 18.8 Å². The topological polar surface area (TPSA) is 78.5 Å². The third-order valence-electron chi connectivity index (χ3n) is 6.45. The van der Waals surface area contributed by atoms with Gasteiger partial charge in [0.25, 0.3) is 5.91 Å². The largest absolute Gasteiger partial charge is 0.322 e. The number of carbonyl (C=O) groups excluding carboxylic acids is 3. The Hall–Kier alpha value is -2.28. The van der Waals surface area contributed by atoms with E-state index in [1.165, 1.54) is 11.0 Å². The van der Waals surface area contributed by atoms with E-state index in [-0.39, 0.29) is 24.2 Å². The molecule has 0 radical (unpaired) electrons. The van der Waals surface area contributed by atoms with Gasteiger partial charge in [-0.15, -0.1) is 0 Å². The Balaban J connectivity index is 1.49. The number of piperidine rings is 3. The Morgan fingerprint density at radius 2 is 1.88 bits per heavy atom. The maximum absolute atomic E-state index is 14.3. The maximum Gasteiger partial charge on any atom is 0.255 e. The molecule has 0 spiro atoms. The van der Waals surface area contributed by atoms with Crippen LogP contribution in [0.2, 0.25) is 0 Å². The van der Waals surface area contributed by atoms with Gasteiger partial charge in [-0.2, -0.15) is 0 Å². The van der Waals surface area contributed by atoms with Crippen molar-refractivity contribution in [3.05, 3.63) is 34.6 Å². The lowest BCUT2D eigenvalue weighted by Crippen LogP contribution is -2.52. The fourth-order valence-corrected chi connectivity index (χ4v) is 5.20. The predicted octanol–water partition coefficient (Wildman–Crippen LogP) is 0.910. The molecule has 4 aliphatic rings. The highest BCUT2D eigenvalue weighted by atomic mass is 19.1. The first-order valence-electron chi connectivity index (χ1n) is 9.20. The lowest BCUT2D eigenvalue weighted by Gasteiger charge is -2.50. The summed E-state index contributed by atoms with van der Waals surface area (Å²) in [7, 11) is 0. The van der Waals surface area contributed by atoms with Crippen LogP contribution in [0.3, 0.4) is 0 Å². The number of amides is 3. The first-order valence-corrected chi connectivity index (χ1v) is 9.20. The van der Waals surface area contributed by atoms with Crippen LogP contribution in [0.5, 0.6) is 0 Å². The van der Waals surface area contributed by atoms with Crippen molar-refractivity contribution in [3.8, 4) is 0 Å². The average Bonchev–Trinajstić information content (AvgIpc) is 2.92. The van der Waals surface area contributed by atoms with Gasteiger partial charge in [0.1, 0.15) is 11.9 Å². The van der Waals surface area contributed by atoms with Crippen LogP contribution < -0.4 is 10.6 Å². The smallest absolute Gasteiger partial charge is 0.255 e. The maximum atomic E-state index is 14.3. The molecule has 1 aliphatic carbocycles. The first-order chi connectivity index (χ1) is 12.5. The number of halogens is 1. The minimum Gasteiger partial charge on any atom is -0.322 e. The van der Waals surface area contributed by atoms with Crippen molar-refractivity contribution in [1.82, 2.24) is 15.5 Å². The minimum atomic E-state index is -0.661. The summed E-state index contributed by atoms with van der Waals surface area (Å²) >= 11 is 0. The molecule has 3 unspecified atom stereocenters. The Morgan fingerprint density at radius 1 is 1.12 bits per heavy atom. The van der Waals surface area contributed by atoms with E-state index in [1.54, 1.807) is 6.07 Å². The van der Waals surface area contributed by atoms with Gasteiger partial charge in [-0.1, -0.05) is 0 Å². The van der Waals surface area contributed by atoms with Gasteiger partial charge in [-0.05, 0) is 66.9 Å². The van der Waals surface area contributed by atoms with Crippen molar-refractivity contribution in [3.63, 3.8) is 0 Å². The van der Waals surface area contributed by atoms with E-state index >= 15 is 0 Å². The van der Waals surface area contributed by atoms with Crippen LogP contribution in [0.15, 0.2) is 12.1 Å². The number of carbonyl (C=O) groups is 3. The minimum absolute atomic E-state index is 0.218. The first kappa shape index (κ1) is 15.9. The van der Waals surface area contributed by atoms with Crippen LogP contribution in [0.4, 0.5) is 4.39 Å². The molecule has 3 amide bonds. The molecule has 6 nitrogen and oxygen atoms in total. The number of rotatable bonds is 2. The van der Waals surface area contributed by atoms with Crippen molar-refractivity contribution in [1.29, 1.82) is 0 Å². The molecule has 2 saturated heterocycles. The zero-order valence-electron chi connectivity index (χ0n) is 14.3. The van der Waals surface area contributed by atoms with Gasteiger partial charge in [0.15, 0.2) is 0 Å². The summed E-state index contributed by atoms with van der Waals surface area (Å²) in [5, 5.41) is 5.69. The van der Waals surface area contributed by atoms with E-state index in [0.717, 1.165) is 30.6 Å². The molecular formula is C19H20FN3O3. The number of hydrogen-bond acceptors (Lipinski definition) is 4. The van der Waals surface area contributed by atoms with Crippen LogP contribution in [0.1, 0.15) is 46.7 Å². The van der Waals surface area contributed by atoms with Gasteiger partial charge >= 0.3 is 0 Å². The van der Waals surface area contributed by atoms with Crippen LogP contribution >= 0.6 is 0 Å². The van der Waals surface area contributed by atoms with Gasteiger partial charge in [0.05, 0.1) is 0 Å². The van der Waals surface area contributed by atoms with Crippen LogP contribution in [-0.2, 0) is 16.1 Å². The summed E-state index contributed by atoms with van der Waals surface area (Å²) in [5.41, 5.74) is 2.18. The second-order valence-electron chi connectivity index (χ2n) is 7.86. The van der Waals surface area contributed by atoms with Gasteiger partial charge < -0.3 is 10.2 Å². The molecule has 3 aliphatic heterocycles. The fourth-order valence-electron chi connectivity index (χ4n) is 5.20. The number of nitrogens with one attached hydrogen (secondary N) is 2. The normalized spacial score (nSPS) is 33.0. The second kappa shape index (κ2) is 5.61. The summed E-state index contributed by atoms with van der Waals surface area (Å²) in [6.45, 7) is 2.17. The molecule has 136 valence electrons. The lowest BCUT2D eigenvalue weighted by atomic mass is 9.59. The van der Waals surface area contributed by atoms with Crippen molar-refractivity contribution in [2.45, 2.75) is 37.8 Å². The second-order valence-corrected chi connectivity index (χ2v) is 7.86. The molecule has 3 fully saturated rings. The summed E-state index contributed by atoms with van der Waals surface area (Å²) < 4.78 is 14.3. The Kier molecular flexibility index (Phi) is 3.44. The Labute approximate surface area is 150 Å². The lowest BCUT2D eigenvalue weighted by molar-refractivity contribution is -0.136. The average molecular weight is 357 g/mol. The van der Waals surface area contributed by atoms with E-state index in [2.05, 4.69) is 10.6 Å². The van der Waals surface area contributed by atoms with Crippen molar-refractivity contribution < 1.29 is 18.8 Å². The van der Waals surface area contributed by atoms with Gasteiger partial charge in [0, 0.05) is 18.5 Å². The molecule has 3 heterocycles. The highest BCUT2D eigenvalue weighted by molar-refractivity contribution is 6.05. The van der Waals surface area contributed by atoms with Crippen molar-refractivity contribution in [2.24, 2.45) is 11.8 Å². The zero-order valence-corrected chi connectivity index (χ0v) is 14.3. The fraction of sp³-hybridized carbons (Fsp3) is 0.526. The van der Waals surface area contributed by atoms with E-state index in [0.29, 0.717) is 30.4 Å². The number of fused-ring (bicyclic) bond motifs is 3. The highest BCUT2D eigenvalue weighted by Crippen LogP contribution is 2.51. The summed E-state index contributed by atoms with van der Waals surface area (Å²) in [6, 6.07) is 2.21. The van der Waals surface area contributed by atoms with Crippen LogP contribution in [0.25, 0.3) is 0 Å². The third kappa shape index (κ3) is 2.23. The van der Waals surface area contributed by atoms with Gasteiger partial charge in [-0.3, -0.25) is 19.7 Å². The van der Waals surface area contributed by atoms with E-state index in [4.69, 9.17) is 0 Å². The quantitative estimate of drug-likeness (QED) is 0.772. The Morgan fingerprint density at radius 3 is 2.58 bits per heavy atom. The Bertz CT molecular complexity index is 826. The number of nitrogens with zero attached hydrogens (tertiary/aromatic N) is 1. The molecule has 5 rings (SSSR count). The summed E-state index contributed by atoms with van der Waals surface area (Å²) in [5.74, 6) is -0.187. The molecule has 7 heteroatoms. The van der Waals surface area contributed by atoms with Gasteiger partial charge in [0.2, 0.25) is 11.8 Å². The van der Waals surface area contributed by atoms with E-state index in [1.807, 2.05) is 0 Å². The monoisotopic (exact) mass is 357 g/mol. The predicted molar refractivity (Wildman–Crippen MR) is 89.7 cm³/mol. The van der Waals surface area contributed by atoms with Gasteiger partial charge in [-0.25, -0.2) is 4.39 Å². The SMILES string of the molecule is O=C1CCC(N2Cc3c(cc(F)cc3C3C4CNCC3C4)C2=O)C(=O)N1. The zero-order chi connectivity index (χ0) is 18.0. The molecule has 0 aromatic heterocycles. The summed E-state index contributed by atoms with van der Waals surface area (Å²) in [4.78, 5) is 38.0. The van der Waals surface area contributed by atoms with Crippen LogP contribution in [-0.4, -0.2) is 41.8 Å². The number of benzene rings is 1.